The maximum atomic E-state index is 12.9. The van der Waals surface area contributed by atoms with E-state index in [0.29, 0.717) is 6.54 Å². The van der Waals surface area contributed by atoms with Gasteiger partial charge in [-0.3, -0.25) is 4.79 Å². The predicted octanol–water partition coefficient (Wildman–Crippen LogP) is 4.10. The average Bonchev–Trinajstić information content (AvgIpc) is 2.67. The average molecular weight is 360 g/mol. The maximum absolute atomic E-state index is 12.9. The summed E-state index contributed by atoms with van der Waals surface area (Å²) < 4.78 is 0. The van der Waals surface area contributed by atoms with Crippen molar-refractivity contribution in [3.05, 3.63) is 59.9 Å². The summed E-state index contributed by atoms with van der Waals surface area (Å²) in [6.45, 7) is 5.50. The fourth-order valence-corrected chi connectivity index (χ4v) is 3.79. The van der Waals surface area contributed by atoms with E-state index in [1.165, 1.54) is 0 Å². The van der Waals surface area contributed by atoms with Crippen molar-refractivity contribution in [1.82, 2.24) is 9.97 Å². The highest BCUT2D eigenvalue weighted by molar-refractivity contribution is 6.02. The summed E-state index contributed by atoms with van der Waals surface area (Å²) in [5, 5.41) is 5.34. The number of piperidine rings is 1. The van der Waals surface area contributed by atoms with Crippen molar-refractivity contribution in [2.24, 2.45) is 5.92 Å². The molecule has 1 N–H and O–H groups in total. The van der Waals surface area contributed by atoms with Gasteiger partial charge < -0.3 is 10.2 Å². The maximum Gasteiger partial charge on any atom is 0.229 e. The molecule has 0 bridgehead atoms. The van der Waals surface area contributed by atoms with Gasteiger partial charge in [0, 0.05) is 35.6 Å². The van der Waals surface area contributed by atoms with Crippen LogP contribution in [-0.4, -0.2) is 29.0 Å². The molecule has 1 atom stereocenters. The lowest BCUT2D eigenvalue weighted by atomic mass is 9.97. The minimum absolute atomic E-state index is 0.0675. The van der Waals surface area contributed by atoms with Gasteiger partial charge in [-0.2, -0.15) is 0 Å². The van der Waals surface area contributed by atoms with E-state index in [-0.39, 0.29) is 11.8 Å². The molecule has 3 aromatic rings. The predicted molar refractivity (Wildman–Crippen MR) is 109 cm³/mol. The molecule has 1 amide bonds. The number of hydrogen-bond acceptors (Lipinski definition) is 4. The Morgan fingerprint density at radius 3 is 2.63 bits per heavy atom. The van der Waals surface area contributed by atoms with Crippen molar-refractivity contribution in [2.75, 3.05) is 23.3 Å². The van der Waals surface area contributed by atoms with Gasteiger partial charge in [-0.1, -0.05) is 36.4 Å². The van der Waals surface area contributed by atoms with Gasteiger partial charge in [0.05, 0.1) is 5.92 Å². The Labute approximate surface area is 159 Å². The fourth-order valence-electron chi connectivity index (χ4n) is 3.79. The summed E-state index contributed by atoms with van der Waals surface area (Å²) >= 11 is 0. The number of nitrogens with zero attached hydrogens (tertiary/aromatic N) is 3. The summed E-state index contributed by atoms with van der Waals surface area (Å²) in [6.07, 6.45) is 1.85. The van der Waals surface area contributed by atoms with Crippen LogP contribution < -0.4 is 10.2 Å². The highest BCUT2D eigenvalue weighted by atomic mass is 16.1. The largest absolute Gasteiger partial charge is 0.340 e. The lowest BCUT2D eigenvalue weighted by Crippen LogP contribution is -2.41. The zero-order valence-electron chi connectivity index (χ0n) is 15.8. The summed E-state index contributed by atoms with van der Waals surface area (Å²) in [5.41, 5.74) is 2.79. The molecule has 5 nitrogen and oxygen atoms in total. The zero-order chi connectivity index (χ0) is 18.8. The molecule has 138 valence electrons. The minimum Gasteiger partial charge on any atom is -0.340 e. The Bertz CT molecular complexity index is 959. The van der Waals surface area contributed by atoms with E-state index in [0.717, 1.165) is 53.2 Å². The van der Waals surface area contributed by atoms with Crippen molar-refractivity contribution in [1.29, 1.82) is 0 Å². The quantitative estimate of drug-likeness (QED) is 0.764. The van der Waals surface area contributed by atoms with Crippen molar-refractivity contribution in [3.63, 3.8) is 0 Å². The number of carbonyl (C=O) groups is 1. The van der Waals surface area contributed by atoms with E-state index in [4.69, 9.17) is 0 Å². The number of anilines is 2. The van der Waals surface area contributed by atoms with Crippen LogP contribution in [0.2, 0.25) is 0 Å². The molecular formula is C22H24N4O. The van der Waals surface area contributed by atoms with Crippen molar-refractivity contribution in [3.8, 4) is 0 Å². The standard InChI is InChI=1S/C22H24N4O/c1-15-13-16(2)24-22(23-15)26-12-6-9-18(14-26)21(27)25-20-11-5-8-17-7-3-4-10-19(17)20/h3-5,7-8,10-11,13,18H,6,9,12,14H2,1-2H3,(H,25,27). The molecule has 0 radical (unpaired) electrons. The summed E-state index contributed by atoms with van der Waals surface area (Å²) in [7, 11) is 0. The zero-order valence-corrected chi connectivity index (χ0v) is 15.8. The Balaban J connectivity index is 1.51. The first-order valence-electron chi connectivity index (χ1n) is 9.46. The molecule has 1 aromatic heterocycles. The van der Waals surface area contributed by atoms with Crippen molar-refractivity contribution >= 4 is 28.3 Å². The van der Waals surface area contributed by atoms with Crippen LogP contribution in [0.4, 0.5) is 11.6 Å². The van der Waals surface area contributed by atoms with E-state index < -0.39 is 0 Å². The molecule has 1 fully saturated rings. The van der Waals surface area contributed by atoms with Crippen molar-refractivity contribution in [2.45, 2.75) is 26.7 Å². The number of rotatable bonds is 3. The third-order valence-corrected chi connectivity index (χ3v) is 5.09. The van der Waals surface area contributed by atoms with Gasteiger partial charge in [0.25, 0.3) is 0 Å². The number of nitrogens with one attached hydrogen (secondary N) is 1. The van der Waals surface area contributed by atoms with Gasteiger partial charge in [-0.25, -0.2) is 9.97 Å². The number of amides is 1. The molecule has 1 unspecified atom stereocenters. The first-order valence-corrected chi connectivity index (χ1v) is 9.46. The summed E-state index contributed by atoms with van der Waals surface area (Å²) in [5.74, 6) is 0.734. The number of aryl methyl sites for hydroxylation is 2. The Morgan fingerprint density at radius 2 is 1.81 bits per heavy atom. The second-order valence-corrected chi connectivity index (χ2v) is 7.25. The van der Waals surface area contributed by atoms with Crippen LogP contribution >= 0.6 is 0 Å². The Kier molecular flexibility index (Phi) is 4.75. The Hall–Kier alpha value is -2.95. The second-order valence-electron chi connectivity index (χ2n) is 7.25. The van der Waals surface area contributed by atoms with Gasteiger partial charge in [0.2, 0.25) is 11.9 Å². The van der Waals surface area contributed by atoms with Crippen LogP contribution in [0.25, 0.3) is 10.8 Å². The fraction of sp³-hybridized carbons (Fsp3) is 0.318. The van der Waals surface area contributed by atoms with Crippen LogP contribution in [-0.2, 0) is 4.79 Å². The first kappa shape index (κ1) is 17.5. The monoisotopic (exact) mass is 360 g/mol. The van der Waals surface area contributed by atoms with Crippen LogP contribution in [0.1, 0.15) is 24.2 Å². The van der Waals surface area contributed by atoms with E-state index in [9.17, 15) is 4.79 Å². The van der Waals surface area contributed by atoms with E-state index >= 15 is 0 Å². The number of aromatic nitrogens is 2. The summed E-state index contributed by atoms with van der Waals surface area (Å²) in [6, 6.07) is 16.1. The van der Waals surface area contributed by atoms with Crippen LogP contribution in [0, 0.1) is 19.8 Å². The Morgan fingerprint density at radius 1 is 1.07 bits per heavy atom. The third kappa shape index (κ3) is 3.77. The second kappa shape index (κ2) is 7.35. The molecule has 1 aliphatic heterocycles. The van der Waals surface area contributed by atoms with Gasteiger partial charge in [-0.15, -0.1) is 0 Å². The molecule has 2 heterocycles. The third-order valence-electron chi connectivity index (χ3n) is 5.09. The molecule has 0 aliphatic carbocycles. The molecular weight excluding hydrogens is 336 g/mol. The molecule has 1 saturated heterocycles. The highest BCUT2D eigenvalue weighted by Gasteiger charge is 2.27. The highest BCUT2D eigenvalue weighted by Crippen LogP contribution is 2.26. The van der Waals surface area contributed by atoms with E-state index in [1.807, 2.05) is 50.2 Å². The van der Waals surface area contributed by atoms with Crippen LogP contribution in [0.5, 0.6) is 0 Å². The number of benzene rings is 2. The van der Waals surface area contributed by atoms with Crippen LogP contribution in [0.3, 0.4) is 0 Å². The van der Waals surface area contributed by atoms with E-state index in [1.54, 1.807) is 0 Å². The summed E-state index contributed by atoms with van der Waals surface area (Å²) in [4.78, 5) is 24.2. The number of hydrogen-bond donors (Lipinski definition) is 1. The number of fused-ring (bicyclic) bond motifs is 1. The molecule has 1 aliphatic rings. The van der Waals surface area contributed by atoms with Gasteiger partial charge in [-0.05, 0) is 44.2 Å². The van der Waals surface area contributed by atoms with E-state index in [2.05, 4.69) is 32.3 Å². The SMILES string of the molecule is Cc1cc(C)nc(N2CCCC(C(=O)Nc3cccc4ccccc34)C2)n1. The molecule has 4 rings (SSSR count). The first-order chi connectivity index (χ1) is 13.1. The minimum atomic E-state index is -0.0675. The molecule has 5 heteroatoms. The normalized spacial score (nSPS) is 17.1. The molecule has 2 aromatic carbocycles. The topological polar surface area (TPSA) is 58.1 Å². The lowest BCUT2D eigenvalue weighted by Gasteiger charge is -2.32. The molecule has 0 spiro atoms. The molecule has 0 saturated carbocycles. The number of carbonyl (C=O) groups excluding carboxylic acids is 1. The molecule has 27 heavy (non-hydrogen) atoms. The van der Waals surface area contributed by atoms with Crippen LogP contribution in [0.15, 0.2) is 48.5 Å². The lowest BCUT2D eigenvalue weighted by molar-refractivity contribution is -0.120. The van der Waals surface area contributed by atoms with Crippen molar-refractivity contribution < 1.29 is 4.79 Å². The van der Waals surface area contributed by atoms with Gasteiger partial charge in [0.1, 0.15) is 0 Å². The smallest absolute Gasteiger partial charge is 0.229 e. The van der Waals surface area contributed by atoms with Gasteiger partial charge >= 0.3 is 0 Å². The van der Waals surface area contributed by atoms with Gasteiger partial charge in [0.15, 0.2) is 0 Å².